The van der Waals surface area contributed by atoms with Crippen LogP contribution < -0.4 is 11.1 Å². The maximum atomic E-state index is 5.83. The lowest BCUT2D eigenvalue weighted by atomic mass is 10.0. The van der Waals surface area contributed by atoms with Crippen LogP contribution in [0.3, 0.4) is 0 Å². The van der Waals surface area contributed by atoms with Crippen LogP contribution in [0.15, 0.2) is 29.3 Å². The van der Waals surface area contributed by atoms with Gasteiger partial charge in [-0.15, -0.1) is 6.42 Å². The minimum absolute atomic E-state index is 0.161. The van der Waals surface area contributed by atoms with Crippen LogP contribution >= 0.6 is 0 Å². The van der Waals surface area contributed by atoms with Gasteiger partial charge in [-0.2, -0.15) is 0 Å². The summed E-state index contributed by atoms with van der Waals surface area (Å²) in [5.41, 5.74) is 8.03. The maximum Gasteiger partial charge on any atom is 0.194 e. The minimum atomic E-state index is -0.161. The molecule has 0 fully saturated rings. The van der Waals surface area contributed by atoms with Gasteiger partial charge in [0.25, 0.3) is 0 Å². The summed E-state index contributed by atoms with van der Waals surface area (Å²) in [6.45, 7) is 6.30. The number of aliphatic imine (C=N–C) groups is 1. The molecule has 0 spiro atoms. The van der Waals surface area contributed by atoms with Crippen LogP contribution in [0, 0.1) is 12.3 Å². The van der Waals surface area contributed by atoms with Gasteiger partial charge in [0.1, 0.15) is 6.04 Å². The summed E-state index contributed by atoms with van der Waals surface area (Å²) in [5, 5.41) is 3.07. The van der Waals surface area contributed by atoms with Crippen LogP contribution in [0.1, 0.15) is 38.7 Å². The zero-order chi connectivity index (χ0) is 13.5. The van der Waals surface area contributed by atoms with E-state index in [-0.39, 0.29) is 6.04 Å². The zero-order valence-electron chi connectivity index (χ0n) is 11.3. The molecule has 0 saturated carbocycles. The summed E-state index contributed by atoms with van der Waals surface area (Å²) in [5.74, 6) is 3.44. The van der Waals surface area contributed by atoms with Crippen molar-refractivity contribution in [1.29, 1.82) is 0 Å². The second-order valence-corrected chi connectivity index (χ2v) is 4.51. The Morgan fingerprint density at radius 3 is 2.78 bits per heavy atom. The molecule has 0 radical (unpaired) electrons. The molecule has 1 aromatic rings. The van der Waals surface area contributed by atoms with E-state index in [1.807, 2.05) is 19.1 Å². The monoisotopic (exact) mass is 243 g/mol. The van der Waals surface area contributed by atoms with E-state index >= 15 is 0 Å². The molecule has 0 saturated heterocycles. The first-order chi connectivity index (χ1) is 8.56. The van der Waals surface area contributed by atoms with Gasteiger partial charge in [-0.3, -0.25) is 0 Å². The highest BCUT2D eigenvalue weighted by atomic mass is 15.1. The number of terminal acetylenes is 1. The summed E-state index contributed by atoms with van der Waals surface area (Å²) in [7, 11) is 0. The highest BCUT2D eigenvalue weighted by molar-refractivity contribution is 5.92. The van der Waals surface area contributed by atoms with Crippen LogP contribution in [0.5, 0.6) is 0 Å². The third-order valence-corrected chi connectivity index (χ3v) is 2.70. The summed E-state index contributed by atoms with van der Waals surface area (Å²) in [4.78, 5) is 4.23. The molecule has 96 valence electrons. The quantitative estimate of drug-likeness (QED) is 0.485. The summed E-state index contributed by atoms with van der Waals surface area (Å²) < 4.78 is 0. The third kappa shape index (κ3) is 4.14. The van der Waals surface area contributed by atoms with Crippen LogP contribution in [0.2, 0.25) is 0 Å². The fourth-order valence-corrected chi connectivity index (χ4v) is 1.57. The van der Waals surface area contributed by atoms with Crippen LogP contribution in [-0.4, -0.2) is 12.0 Å². The Labute approximate surface area is 110 Å². The molecule has 3 N–H and O–H groups in total. The van der Waals surface area contributed by atoms with E-state index in [9.17, 15) is 0 Å². The average molecular weight is 243 g/mol. The predicted molar refractivity (Wildman–Crippen MR) is 78.7 cm³/mol. The van der Waals surface area contributed by atoms with Crippen LogP contribution in [-0.2, 0) is 0 Å². The van der Waals surface area contributed by atoms with Crippen LogP contribution in [0.4, 0.5) is 5.69 Å². The van der Waals surface area contributed by atoms with Crippen molar-refractivity contribution in [2.75, 3.05) is 5.32 Å². The van der Waals surface area contributed by atoms with Gasteiger partial charge in [-0.25, -0.2) is 4.99 Å². The number of rotatable bonds is 4. The van der Waals surface area contributed by atoms with Crippen molar-refractivity contribution >= 4 is 11.6 Å². The smallest absolute Gasteiger partial charge is 0.194 e. The molecular formula is C15H21N3. The number of nitrogens with zero attached hydrogens (tertiary/aromatic N) is 1. The molecule has 0 amide bonds. The zero-order valence-corrected chi connectivity index (χ0v) is 11.3. The Morgan fingerprint density at radius 2 is 2.22 bits per heavy atom. The first-order valence-corrected chi connectivity index (χ1v) is 6.23. The van der Waals surface area contributed by atoms with Gasteiger partial charge < -0.3 is 11.1 Å². The summed E-state index contributed by atoms with van der Waals surface area (Å²) in [6.07, 6.45) is 6.13. The Kier molecular flexibility index (Phi) is 5.26. The number of hydrogen-bond acceptors (Lipinski definition) is 1. The maximum absolute atomic E-state index is 5.83. The molecule has 3 heteroatoms. The largest absolute Gasteiger partial charge is 0.370 e. The molecule has 0 bridgehead atoms. The predicted octanol–water partition coefficient (Wildman–Crippen LogP) is 2.95. The number of anilines is 1. The van der Waals surface area contributed by atoms with Gasteiger partial charge in [-0.1, -0.05) is 38.8 Å². The standard InChI is InChI=1S/C15H21N3/c1-5-13(6-2)17-15(16)18-14-9-7-8-12(10-14)11(3)4/h1,7-11,13H,6H2,2-4H3,(H3,16,17,18). The fourth-order valence-electron chi connectivity index (χ4n) is 1.57. The number of nitrogens with two attached hydrogens (primary N) is 1. The van der Waals surface area contributed by atoms with Gasteiger partial charge in [0.15, 0.2) is 5.96 Å². The minimum Gasteiger partial charge on any atom is -0.370 e. The molecular weight excluding hydrogens is 222 g/mol. The van der Waals surface area contributed by atoms with E-state index in [2.05, 4.69) is 42.2 Å². The van der Waals surface area contributed by atoms with E-state index < -0.39 is 0 Å². The molecule has 3 nitrogen and oxygen atoms in total. The average Bonchev–Trinajstić information content (AvgIpc) is 2.36. The van der Waals surface area contributed by atoms with Gasteiger partial charge in [0.2, 0.25) is 0 Å². The van der Waals surface area contributed by atoms with Crippen LogP contribution in [0.25, 0.3) is 0 Å². The normalized spacial score (nSPS) is 13.2. The van der Waals surface area contributed by atoms with Gasteiger partial charge in [-0.05, 0) is 30.0 Å². The van der Waals surface area contributed by atoms with Crippen molar-refractivity contribution in [1.82, 2.24) is 0 Å². The Bertz CT molecular complexity index is 455. The first-order valence-electron chi connectivity index (χ1n) is 6.23. The molecule has 1 aromatic carbocycles. The first kappa shape index (κ1) is 14.1. The number of guanidine groups is 1. The SMILES string of the molecule is C#CC(CC)N=C(N)Nc1cccc(C(C)C)c1. The second-order valence-electron chi connectivity index (χ2n) is 4.51. The molecule has 0 heterocycles. The molecule has 18 heavy (non-hydrogen) atoms. The molecule has 1 unspecified atom stereocenters. The van der Waals surface area contributed by atoms with E-state index in [1.54, 1.807) is 0 Å². The highest BCUT2D eigenvalue weighted by Crippen LogP contribution is 2.18. The lowest BCUT2D eigenvalue weighted by Crippen LogP contribution is -2.24. The topological polar surface area (TPSA) is 50.4 Å². The Hall–Kier alpha value is -1.95. The van der Waals surface area contributed by atoms with Gasteiger partial charge >= 0.3 is 0 Å². The molecule has 0 aliphatic carbocycles. The van der Waals surface area contributed by atoms with Gasteiger partial charge in [0, 0.05) is 5.69 Å². The second kappa shape index (κ2) is 6.70. The molecule has 1 atom stereocenters. The molecule has 0 aliphatic rings. The van der Waals surface area contributed by atoms with Crippen molar-refractivity contribution < 1.29 is 0 Å². The van der Waals surface area contributed by atoms with Crippen molar-refractivity contribution in [2.24, 2.45) is 10.7 Å². The van der Waals surface area contributed by atoms with Gasteiger partial charge in [0.05, 0.1) is 0 Å². The molecule has 1 rings (SSSR count). The summed E-state index contributed by atoms with van der Waals surface area (Å²) in [6, 6.07) is 7.98. The number of benzene rings is 1. The Balaban J connectivity index is 2.79. The molecule has 0 aliphatic heterocycles. The summed E-state index contributed by atoms with van der Waals surface area (Å²) >= 11 is 0. The fraction of sp³-hybridized carbons (Fsp3) is 0.400. The van der Waals surface area contributed by atoms with Crippen molar-refractivity contribution in [3.63, 3.8) is 0 Å². The van der Waals surface area contributed by atoms with E-state index in [1.165, 1.54) is 5.56 Å². The number of hydrogen-bond donors (Lipinski definition) is 2. The Morgan fingerprint density at radius 1 is 1.50 bits per heavy atom. The van der Waals surface area contributed by atoms with E-state index in [4.69, 9.17) is 12.2 Å². The number of nitrogens with one attached hydrogen (secondary N) is 1. The van der Waals surface area contributed by atoms with Crippen molar-refractivity contribution in [3.8, 4) is 12.3 Å². The third-order valence-electron chi connectivity index (χ3n) is 2.70. The molecule has 0 aromatic heterocycles. The van der Waals surface area contributed by atoms with Crippen molar-refractivity contribution in [2.45, 2.75) is 39.2 Å². The van der Waals surface area contributed by atoms with E-state index in [0.717, 1.165) is 12.1 Å². The van der Waals surface area contributed by atoms with E-state index in [0.29, 0.717) is 11.9 Å². The lowest BCUT2D eigenvalue weighted by Gasteiger charge is -2.11. The van der Waals surface area contributed by atoms with Crippen molar-refractivity contribution in [3.05, 3.63) is 29.8 Å². The highest BCUT2D eigenvalue weighted by Gasteiger charge is 2.03. The lowest BCUT2D eigenvalue weighted by molar-refractivity contribution is 0.806.